The number of hydrogen-bond donors (Lipinski definition) is 0. The minimum atomic E-state index is -3.41. The van der Waals surface area contributed by atoms with Crippen molar-refractivity contribution in [2.45, 2.75) is 69.7 Å². The SMILES string of the molecule is O=C(CC1(n2cccc2)CCCCC1)N1CCCN(S(=O)(=O)N2CCCCC2)CC1. The van der Waals surface area contributed by atoms with Crippen LogP contribution in [0.25, 0.3) is 0 Å². The maximum atomic E-state index is 13.3. The number of carbonyl (C=O) groups excluding carboxylic acids is 1. The predicted molar refractivity (Wildman–Crippen MR) is 117 cm³/mol. The van der Waals surface area contributed by atoms with Crippen LogP contribution in [-0.2, 0) is 20.5 Å². The Morgan fingerprint density at radius 1 is 0.733 bits per heavy atom. The molecule has 1 saturated carbocycles. The van der Waals surface area contributed by atoms with Gasteiger partial charge in [-0.2, -0.15) is 17.0 Å². The average molecular weight is 437 g/mol. The third kappa shape index (κ3) is 4.60. The summed E-state index contributed by atoms with van der Waals surface area (Å²) in [5, 5.41) is 0. The van der Waals surface area contributed by atoms with Gasteiger partial charge in [-0.1, -0.05) is 25.7 Å². The predicted octanol–water partition coefficient (Wildman–Crippen LogP) is 2.80. The van der Waals surface area contributed by atoms with Gasteiger partial charge in [-0.15, -0.1) is 0 Å². The molecule has 3 heterocycles. The Morgan fingerprint density at radius 3 is 2.03 bits per heavy atom. The van der Waals surface area contributed by atoms with Crippen LogP contribution in [0.1, 0.15) is 64.2 Å². The number of piperidine rings is 1. The minimum absolute atomic E-state index is 0.120. The summed E-state index contributed by atoms with van der Waals surface area (Å²) in [5.41, 5.74) is -0.120. The maximum absolute atomic E-state index is 13.3. The van der Waals surface area contributed by atoms with E-state index in [9.17, 15) is 13.2 Å². The maximum Gasteiger partial charge on any atom is 0.282 e. The first kappa shape index (κ1) is 21.8. The monoisotopic (exact) mass is 436 g/mol. The molecule has 0 spiro atoms. The second-order valence-corrected chi connectivity index (χ2v) is 11.1. The largest absolute Gasteiger partial charge is 0.348 e. The van der Waals surface area contributed by atoms with E-state index in [-0.39, 0.29) is 11.4 Å². The van der Waals surface area contributed by atoms with Crippen molar-refractivity contribution in [3.05, 3.63) is 24.5 Å². The fourth-order valence-corrected chi connectivity index (χ4v) is 7.13. The molecule has 4 rings (SSSR count). The van der Waals surface area contributed by atoms with Crippen LogP contribution < -0.4 is 0 Å². The van der Waals surface area contributed by atoms with Gasteiger partial charge in [0.2, 0.25) is 5.91 Å². The first-order chi connectivity index (χ1) is 14.5. The molecule has 1 amide bonds. The Hall–Kier alpha value is -1.38. The Labute approximate surface area is 181 Å². The molecular formula is C22H36N4O3S. The lowest BCUT2D eigenvalue weighted by atomic mass is 9.78. The molecule has 0 aromatic carbocycles. The number of amides is 1. The van der Waals surface area contributed by atoms with E-state index in [0.29, 0.717) is 52.1 Å². The van der Waals surface area contributed by atoms with Gasteiger partial charge in [-0.05, 0) is 44.2 Å². The van der Waals surface area contributed by atoms with Crippen LogP contribution in [0.5, 0.6) is 0 Å². The van der Waals surface area contributed by atoms with Crippen LogP contribution in [0.15, 0.2) is 24.5 Å². The first-order valence-corrected chi connectivity index (χ1v) is 13.1. The summed E-state index contributed by atoms with van der Waals surface area (Å²) >= 11 is 0. The van der Waals surface area contributed by atoms with Crippen LogP contribution >= 0.6 is 0 Å². The summed E-state index contributed by atoms with van der Waals surface area (Å²) in [7, 11) is -3.41. The third-order valence-electron chi connectivity index (χ3n) is 7.19. The van der Waals surface area contributed by atoms with Crippen molar-refractivity contribution in [3.63, 3.8) is 0 Å². The second-order valence-electron chi connectivity index (χ2n) is 9.15. The Bertz CT molecular complexity index is 796. The van der Waals surface area contributed by atoms with Crippen molar-refractivity contribution >= 4 is 16.1 Å². The molecule has 7 nitrogen and oxygen atoms in total. The summed E-state index contributed by atoms with van der Waals surface area (Å²) in [6.07, 6.45) is 14.0. The van der Waals surface area contributed by atoms with Crippen LogP contribution in [0.4, 0.5) is 0 Å². The van der Waals surface area contributed by atoms with E-state index in [4.69, 9.17) is 0 Å². The van der Waals surface area contributed by atoms with E-state index in [1.165, 1.54) is 6.42 Å². The number of rotatable bonds is 5. The summed E-state index contributed by atoms with van der Waals surface area (Å²) in [6, 6.07) is 4.08. The van der Waals surface area contributed by atoms with E-state index in [1.807, 2.05) is 17.0 Å². The molecule has 8 heteroatoms. The minimum Gasteiger partial charge on any atom is -0.348 e. The van der Waals surface area contributed by atoms with Gasteiger partial charge in [0, 0.05) is 51.7 Å². The number of nitrogens with zero attached hydrogens (tertiary/aromatic N) is 4. The molecule has 0 N–H and O–H groups in total. The zero-order valence-corrected chi connectivity index (χ0v) is 18.9. The molecule has 3 fully saturated rings. The van der Waals surface area contributed by atoms with Crippen LogP contribution in [-0.4, -0.2) is 71.7 Å². The Balaban J connectivity index is 1.40. The summed E-state index contributed by atoms with van der Waals surface area (Å²) in [5.74, 6) is 0.169. The van der Waals surface area contributed by atoms with Crippen molar-refractivity contribution in [2.24, 2.45) is 0 Å². The van der Waals surface area contributed by atoms with E-state index < -0.39 is 10.2 Å². The highest BCUT2D eigenvalue weighted by atomic mass is 32.2. The molecule has 2 aliphatic heterocycles. The van der Waals surface area contributed by atoms with Gasteiger partial charge in [0.1, 0.15) is 0 Å². The summed E-state index contributed by atoms with van der Waals surface area (Å²) in [6.45, 7) is 3.30. The molecular weight excluding hydrogens is 400 g/mol. The number of hydrogen-bond acceptors (Lipinski definition) is 3. The van der Waals surface area contributed by atoms with E-state index in [1.54, 1.807) is 8.61 Å². The molecule has 30 heavy (non-hydrogen) atoms. The van der Waals surface area contributed by atoms with Gasteiger partial charge in [0.25, 0.3) is 10.2 Å². The van der Waals surface area contributed by atoms with Crippen molar-refractivity contribution < 1.29 is 13.2 Å². The highest BCUT2D eigenvalue weighted by Gasteiger charge is 2.38. The zero-order valence-electron chi connectivity index (χ0n) is 18.0. The van der Waals surface area contributed by atoms with E-state index in [2.05, 4.69) is 17.0 Å². The molecule has 1 aromatic heterocycles. The fourth-order valence-electron chi connectivity index (χ4n) is 5.41. The van der Waals surface area contributed by atoms with Crippen LogP contribution in [0.2, 0.25) is 0 Å². The lowest BCUT2D eigenvalue weighted by Crippen LogP contribution is -2.47. The Morgan fingerprint density at radius 2 is 1.33 bits per heavy atom. The van der Waals surface area contributed by atoms with Gasteiger partial charge >= 0.3 is 0 Å². The second kappa shape index (κ2) is 9.40. The molecule has 2 saturated heterocycles. The lowest BCUT2D eigenvalue weighted by molar-refractivity contribution is -0.133. The third-order valence-corrected chi connectivity index (χ3v) is 9.23. The number of carbonyl (C=O) groups is 1. The quantitative estimate of drug-likeness (QED) is 0.713. The van der Waals surface area contributed by atoms with E-state index >= 15 is 0 Å². The van der Waals surface area contributed by atoms with Gasteiger partial charge < -0.3 is 9.47 Å². The van der Waals surface area contributed by atoms with Gasteiger partial charge in [-0.3, -0.25) is 4.79 Å². The van der Waals surface area contributed by atoms with E-state index in [0.717, 1.165) is 44.9 Å². The Kier molecular flexibility index (Phi) is 6.85. The average Bonchev–Trinajstić information content (AvgIpc) is 3.20. The normalized spacial score (nSPS) is 24.5. The zero-order chi connectivity index (χ0) is 21.0. The van der Waals surface area contributed by atoms with Crippen molar-refractivity contribution in [1.29, 1.82) is 0 Å². The standard InChI is InChI=1S/C22H36N4O3S/c27-21(20-22(10-3-1-4-11-22)24-13-7-8-14-24)23-12-9-17-26(19-18-23)30(28,29)25-15-5-2-6-16-25/h7-8,13-14H,1-6,9-12,15-20H2. The smallest absolute Gasteiger partial charge is 0.282 e. The lowest BCUT2D eigenvalue weighted by Gasteiger charge is -2.40. The van der Waals surface area contributed by atoms with Crippen molar-refractivity contribution in [1.82, 2.24) is 18.1 Å². The molecule has 168 valence electrons. The highest BCUT2D eigenvalue weighted by Crippen LogP contribution is 2.38. The summed E-state index contributed by atoms with van der Waals surface area (Å²) in [4.78, 5) is 15.2. The molecule has 0 unspecified atom stereocenters. The molecule has 3 aliphatic rings. The molecule has 0 radical (unpaired) electrons. The topological polar surface area (TPSA) is 65.9 Å². The molecule has 0 bridgehead atoms. The van der Waals surface area contributed by atoms with Gasteiger partial charge in [0.15, 0.2) is 0 Å². The molecule has 1 aromatic rings. The van der Waals surface area contributed by atoms with Crippen molar-refractivity contribution in [2.75, 3.05) is 39.3 Å². The van der Waals surface area contributed by atoms with Crippen molar-refractivity contribution in [3.8, 4) is 0 Å². The van der Waals surface area contributed by atoms with Crippen LogP contribution in [0.3, 0.4) is 0 Å². The van der Waals surface area contributed by atoms with Crippen LogP contribution in [0, 0.1) is 0 Å². The molecule has 0 atom stereocenters. The number of aromatic nitrogens is 1. The first-order valence-electron chi connectivity index (χ1n) is 11.7. The fraction of sp³-hybridized carbons (Fsp3) is 0.773. The van der Waals surface area contributed by atoms with Gasteiger partial charge in [-0.25, -0.2) is 0 Å². The van der Waals surface area contributed by atoms with Gasteiger partial charge in [0.05, 0.1) is 12.0 Å². The highest BCUT2D eigenvalue weighted by molar-refractivity contribution is 7.86. The molecule has 1 aliphatic carbocycles. The summed E-state index contributed by atoms with van der Waals surface area (Å²) < 4.78 is 31.6.